The summed E-state index contributed by atoms with van der Waals surface area (Å²) in [4.78, 5) is 0. The highest BCUT2D eigenvalue weighted by molar-refractivity contribution is 5.46. The first kappa shape index (κ1) is 12.1. The number of ether oxygens (including phenoxy) is 2. The molecule has 19 heavy (non-hydrogen) atoms. The average molecular weight is 254 g/mol. The highest BCUT2D eigenvalue weighted by atomic mass is 16.7. The van der Waals surface area contributed by atoms with Crippen LogP contribution in [0.4, 0.5) is 0 Å². The third-order valence-electron chi connectivity index (χ3n) is 3.69. The lowest BCUT2D eigenvalue weighted by molar-refractivity contribution is 0.0487. The largest absolute Gasteiger partial charge is 0.447 e. The SMILES string of the molecule is CCC(C)c1ccc2c(c1)OC(c1ccccc1)O2. The number of hydrogen-bond acceptors (Lipinski definition) is 2. The summed E-state index contributed by atoms with van der Waals surface area (Å²) in [6.45, 7) is 4.42. The lowest BCUT2D eigenvalue weighted by atomic mass is 9.98. The van der Waals surface area contributed by atoms with Crippen LogP contribution in [0.15, 0.2) is 48.5 Å². The normalized spacial score (nSPS) is 18.3. The molecule has 0 radical (unpaired) electrons. The fraction of sp³-hybridized carbons (Fsp3) is 0.294. The molecule has 3 rings (SSSR count). The molecule has 2 aromatic carbocycles. The molecule has 0 spiro atoms. The van der Waals surface area contributed by atoms with Gasteiger partial charge in [-0.3, -0.25) is 0 Å². The number of rotatable bonds is 3. The summed E-state index contributed by atoms with van der Waals surface area (Å²) < 4.78 is 11.7. The molecule has 0 fully saturated rings. The van der Waals surface area contributed by atoms with E-state index in [9.17, 15) is 0 Å². The topological polar surface area (TPSA) is 18.5 Å². The Hall–Kier alpha value is -1.96. The molecule has 0 bridgehead atoms. The van der Waals surface area contributed by atoms with Crippen LogP contribution in [0.5, 0.6) is 11.5 Å². The molecule has 0 aromatic heterocycles. The molecule has 2 nitrogen and oxygen atoms in total. The van der Waals surface area contributed by atoms with Gasteiger partial charge in [-0.05, 0) is 30.0 Å². The molecule has 1 heterocycles. The van der Waals surface area contributed by atoms with Crippen LogP contribution in [-0.4, -0.2) is 0 Å². The van der Waals surface area contributed by atoms with Gasteiger partial charge in [-0.15, -0.1) is 0 Å². The Morgan fingerprint density at radius 2 is 1.74 bits per heavy atom. The van der Waals surface area contributed by atoms with Gasteiger partial charge in [0.05, 0.1) is 0 Å². The maximum atomic E-state index is 5.91. The Balaban J connectivity index is 1.84. The quantitative estimate of drug-likeness (QED) is 0.792. The van der Waals surface area contributed by atoms with E-state index >= 15 is 0 Å². The van der Waals surface area contributed by atoms with Gasteiger partial charge in [0.1, 0.15) is 0 Å². The molecule has 2 unspecified atom stereocenters. The minimum Gasteiger partial charge on any atom is -0.447 e. The van der Waals surface area contributed by atoms with E-state index in [1.54, 1.807) is 0 Å². The molecule has 0 N–H and O–H groups in total. The van der Waals surface area contributed by atoms with Gasteiger partial charge in [-0.2, -0.15) is 0 Å². The van der Waals surface area contributed by atoms with Crippen molar-refractivity contribution in [3.05, 3.63) is 59.7 Å². The zero-order valence-electron chi connectivity index (χ0n) is 11.3. The van der Waals surface area contributed by atoms with Crippen molar-refractivity contribution in [2.45, 2.75) is 32.5 Å². The van der Waals surface area contributed by atoms with Crippen LogP contribution < -0.4 is 9.47 Å². The van der Waals surface area contributed by atoms with Crippen LogP contribution in [0.2, 0.25) is 0 Å². The predicted octanol–water partition coefficient (Wildman–Crippen LogP) is 4.67. The summed E-state index contributed by atoms with van der Waals surface area (Å²) in [5.41, 5.74) is 2.35. The minimum atomic E-state index is -0.316. The summed E-state index contributed by atoms with van der Waals surface area (Å²) in [7, 11) is 0. The summed E-state index contributed by atoms with van der Waals surface area (Å²) in [6.07, 6.45) is 0.810. The highest BCUT2D eigenvalue weighted by Crippen LogP contribution is 2.42. The van der Waals surface area contributed by atoms with Crippen molar-refractivity contribution >= 4 is 0 Å². The monoisotopic (exact) mass is 254 g/mol. The van der Waals surface area contributed by atoms with E-state index in [2.05, 4.69) is 26.0 Å². The minimum absolute atomic E-state index is 0.316. The fourth-order valence-electron chi connectivity index (χ4n) is 2.26. The lowest BCUT2D eigenvalue weighted by Gasteiger charge is -2.10. The highest BCUT2D eigenvalue weighted by Gasteiger charge is 2.26. The van der Waals surface area contributed by atoms with Crippen LogP contribution in [0, 0.1) is 0 Å². The molecule has 1 aliphatic rings. The van der Waals surface area contributed by atoms with E-state index in [1.165, 1.54) is 5.56 Å². The smallest absolute Gasteiger partial charge is 0.267 e. The van der Waals surface area contributed by atoms with E-state index in [0.29, 0.717) is 5.92 Å². The van der Waals surface area contributed by atoms with Crippen molar-refractivity contribution < 1.29 is 9.47 Å². The van der Waals surface area contributed by atoms with E-state index < -0.39 is 0 Å². The summed E-state index contributed by atoms with van der Waals surface area (Å²) in [5.74, 6) is 2.23. The molecule has 0 amide bonds. The second-order valence-corrected chi connectivity index (χ2v) is 4.99. The molecule has 0 aliphatic carbocycles. The van der Waals surface area contributed by atoms with Crippen LogP contribution in [0.3, 0.4) is 0 Å². The molecular weight excluding hydrogens is 236 g/mol. The third kappa shape index (κ3) is 2.30. The van der Waals surface area contributed by atoms with Crippen LogP contribution in [-0.2, 0) is 0 Å². The Kier molecular flexibility index (Phi) is 3.16. The zero-order chi connectivity index (χ0) is 13.2. The van der Waals surface area contributed by atoms with Crippen LogP contribution in [0.25, 0.3) is 0 Å². The molecule has 0 saturated heterocycles. The van der Waals surface area contributed by atoms with E-state index in [1.807, 2.05) is 36.4 Å². The van der Waals surface area contributed by atoms with Gasteiger partial charge in [0, 0.05) is 5.56 Å². The van der Waals surface area contributed by atoms with Gasteiger partial charge in [-0.1, -0.05) is 50.2 Å². The Morgan fingerprint density at radius 1 is 1.00 bits per heavy atom. The molecule has 1 aliphatic heterocycles. The Bertz CT molecular complexity index is 563. The predicted molar refractivity (Wildman–Crippen MR) is 75.6 cm³/mol. The molecule has 98 valence electrons. The first-order valence-corrected chi connectivity index (χ1v) is 6.80. The standard InChI is InChI=1S/C17H18O2/c1-3-12(2)14-9-10-15-16(11-14)19-17(18-15)13-7-5-4-6-8-13/h4-12,17H,3H2,1-2H3. The first-order chi connectivity index (χ1) is 9.28. The van der Waals surface area contributed by atoms with Crippen molar-refractivity contribution in [2.75, 3.05) is 0 Å². The molecule has 2 atom stereocenters. The molecular formula is C17H18O2. The van der Waals surface area contributed by atoms with Crippen molar-refractivity contribution in [1.29, 1.82) is 0 Å². The Morgan fingerprint density at radius 3 is 2.47 bits per heavy atom. The van der Waals surface area contributed by atoms with E-state index in [4.69, 9.17) is 9.47 Å². The van der Waals surface area contributed by atoms with E-state index in [-0.39, 0.29) is 6.29 Å². The summed E-state index contributed by atoms with van der Waals surface area (Å²) in [6, 6.07) is 16.3. The van der Waals surface area contributed by atoms with Gasteiger partial charge in [-0.25, -0.2) is 0 Å². The van der Waals surface area contributed by atoms with Crippen molar-refractivity contribution in [1.82, 2.24) is 0 Å². The fourth-order valence-corrected chi connectivity index (χ4v) is 2.26. The second-order valence-electron chi connectivity index (χ2n) is 4.99. The maximum absolute atomic E-state index is 5.91. The molecule has 2 heteroatoms. The van der Waals surface area contributed by atoms with Gasteiger partial charge in [0.25, 0.3) is 6.29 Å². The average Bonchev–Trinajstić information content (AvgIpc) is 2.90. The second kappa shape index (κ2) is 4.96. The van der Waals surface area contributed by atoms with Crippen molar-refractivity contribution in [3.63, 3.8) is 0 Å². The van der Waals surface area contributed by atoms with Gasteiger partial charge in [0.2, 0.25) is 0 Å². The first-order valence-electron chi connectivity index (χ1n) is 6.80. The van der Waals surface area contributed by atoms with Crippen molar-refractivity contribution in [3.8, 4) is 11.5 Å². The van der Waals surface area contributed by atoms with Gasteiger partial charge >= 0.3 is 0 Å². The van der Waals surface area contributed by atoms with E-state index in [0.717, 1.165) is 23.5 Å². The Labute approximate surface area is 114 Å². The number of hydrogen-bond donors (Lipinski definition) is 0. The van der Waals surface area contributed by atoms with Crippen LogP contribution >= 0.6 is 0 Å². The number of fused-ring (bicyclic) bond motifs is 1. The third-order valence-corrected chi connectivity index (χ3v) is 3.69. The molecule has 2 aromatic rings. The summed E-state index contributed by atoms with van der Waals surface area (Å²) in [5, 5.41) is 0. The van der Waals surface area contributed by atoms with Gasteiger partial charge in [0.15, 0.2) is 11.5 Å². The lowest BCUT2D eigenvalue weighted by Crippen LogP contribution is -2.07. The van der Waals surface area contributed by atoms with Crippen LogP contribution in [0.1, 0.15) is 43.6 Å². The zero-order valence-corrected chi connectivity index (χ0v) is 11.3. The maximum Gasteiger partial charge on any atom is 0.267 e. The van der Waals surface area contributed by atoms with Crippen molar-refractivity contribution in [2.24, 2.45) is 0 Å². The van der Waals surface area contributed by atoms with Gasteiger partial charge < -0.3 is 9.47 Å². The molecule has 0 saturated carbocycles. The number of benzene rings is 2. The summed E-state index contributed by atoms with van der Waals surface area (Å²) >= 11 is 0.